The molecule has 0 bridgehead atoms. The van der Waals surface area contributed by atoms with Crippen LogP contribution in [0.25, 0.3) is 21.8 Å². The normalized spacial score (nSPS) is 10.7. The monoisotopic (exact) mass is 377 g/mol. The van der Waals surface area contributed by atoms with E-state index in [1.165, 1.54) is 12.4 Å². The number of hydrogen-bond acceptors (Lipinski definition) is 7. The molecule has 27 heavy (non-hydrogen) atoms. The molecule has 0 saturated heterocycles. The molecule has 0 radical (unpaired) electrons. The minimum atomic E-state index is -0.428. The second kappa shape index (κ2) is 6.96. The predicted molar refractivity (Wildman–Crippen MR) is 104 cm³/mol. The van der Waals surface area contributed by atoms with Gasteiger partial charge in [-0.25, -0.2) is 9.97 Å². The number of carbonyl (C=O) groups excluding carboxylic acids is 1. The molecule has 0 unspecified atom stereocenters. The van der Waals surface area contributed by atoms with Crippen molar-refractivity contribution in [3.05, 3.63) is 60.1 Å². The Labute approximate surface area is 158 Å². The average Bonchev–Trinajstić information content (AvgIpc) is 3.35. The second-order valence-electron chi connectivity index (χ2n) is 5.76. The van der Waals surface area contributed by atoms with E-state index in [-0.39, 0.29) is 5.69 Å². The molecule has 0 aliphatic heterocycles. The third-order valence-corrected chi connectivity index (χ3v) is 4.71. The molecule has 134 valence electrons. The summed E-state index contributed by atoms with van der Waals surface area (Å²) >= 11 is 1.56. The van der Waals surface area contributed by atoms with Crippen molar-refractivity contribution in [2.24, 2.45) is 7.05 Å². The lowest BCUT2D eigenvalue weighted by atomic mass is 10.2. The number of thiophene rings is 1. The quantitative estimate of drug-likeness (QED) is 0.566. The van der Waals surface area contributed by atoms with Gasteiger partial charge in [-0.15, -0.1) is 11.3 Å². The maximum absolute atomic E-state index is 12.5. The van der Waals surface area contributed by atoms with E-state index in [1.54, 1.807) is 28.3 Å². The van der Waals surface area contributed by atoms with Crippen molar-refractivity contribution < 1.29 is 4.79 Å². The van der Waals surface area contributed by atoms with Gasteiger partial charge in [0.2, 0.25) is 0 Å². The maximum atomic E-state index is 12.5. The number of anilines is 2. The van der Waals surface area contributed by atoms with Gasteiger partial charge in [0, 0.05) is 18.8 Å². The van der Waals surface area contributed by atoms with E-state index >= 15 is 0 Å². The first-order chi connectivity index (χ1) is 13.1. The molecule has 0 spiro atoms. The van der Waals surface area contributed by atoms with Crippen LogP contribution in [0, 0.1) is 0 Å². The van der Waals surface area contributed by atoms with Gasteiger partial charge in [-0.05, 0) is 23.6 Å². The van der Waals surface area contributed by atoms with Gasteiger partial charge in [0.1, 0.15) is 5.69 Å². The van der Waals surface area contributed by atoms with Gasteiger partial charge in [0.05, 0.1) is 40.5 Å². The number of nitrogens with one attached hydrogen (secondary N) is 1. The Bertz CT molecular complexity index is 1090. The van der Waals surface area contributed by atoms with E-state index in [0.717, 1.165) is 16.1 Å². The molecule has 8 nitrogen and oxygen atoms in total. The van der Waals surface area contributed by atoms with E-state index in [2.05, 4.69) is 25.4 Å². The number of aromatic nitrogens is 5. The van der Waals surface area contributed by atoms with Crippen molar-refractivity contribution >= 4 is 28.7 Å². The lowest BCUT2D eigenvalue weighted by Crippen LogP contribution is -2.16. The fraction of sp³-hybridized carbons (Fsp3) is 0.0556. The van der Waals surface area contributed by atoms with Gasteiger partial charge in [-0.2, -0.15) is 5.10 Å². The highest BCUT2D eigenvalue weighted by Crippen LogP contribution is 2.27. The molecule has 0 aliphatic carbocycles. The van der Waals surface area contributed by atoms with Crippen molar-refractivity contribution in [3.8, 4) is 21.8 Å². The predicted octanol–water partition coefficient (Wildman–Crippen LogP) is 2.84. The Morgan fingerprint density at radius 2 is 2.04 bits per heavy atom. The second-order valence-corrected chi connectivity index (χ2v) is 6.70. The van der Waals surface area contributed by atoms with E-state index in [9.17, 15) is 4.79 Å². The summed E-state index contributed by atoms with van der Waals surface area (Å²) in [5, 5.41) is 8.76. The lowest BCUT2D eigenvalue weighted by Gasteiger charge is -2.08. The van der Waals surface area contributed by atoms with Crippen LogP contribution in [0.5, 0.6) is 0 Å². The van der Waals surface area contributed by atoms with Gasteiger partial charge >= 0.3 is 0 Å². The summed E-state index contributed by atoms with van der Waals surface area (Å²) < 4.78 is 1.67. The number of aryl methyl sites for hydroxylation is 1. The van der Waals surface area contributed by atoms with E-state index in [1.807, 2.05) is 36.8 Å². The zero-order chi connectivity index (χ0) is 18.8. The third-order valence-electron chi connectivity index (χ3n) is 3.82. The Morgan fingerprint density at radius 3 is 2.70 bits per heavy atom. The maximum Gasteiger partial charge on any atom is 0.277 e. The Kier molecular flexibility index (Phi) is 4.35. The van der Waals surface area contributed by atoms with Gasteiger partial charge in [-0.3, -0.25) is 14.5 Å². The molecule has 0 aromatic carbocycles. The number of rotatable bonds is 4. The first-order valence-corrected chi connectivity index (χ1v) is 8.91. The molecule has 0 saturated carbocycles. The minimum absolute atomic E-state index is 0.172. The van der Waals surface area contributed by atoms with Crippen molar-refractivity contribution in [3.63, 3.8) is 0 Å². The molecule has 4 heterocycles. The number of hydrogen-bond donors (Lipinski definition) is 2. The van der Waals surface area contributed by atoms with Crippen molar-refractivity contribution in [1.29, 1.82) is 0 Å². The van der Waals surface area contributed by atoms with Crippen LogP contribution < -0.4 is 11.1 Å². The number of nitrogen functional groups attached to an aromatic ring is 1. The van der Waals surface area contributed by atoms with Crippen LogP contribution in [0.3, 0.4) is 0 Å². The molecule has 4 rings (SSSR count). The van der Waals surface area contributed by atoms with Crippen LogP contribution in [0.4, 0.5) is 11.5 Å². The topological polar surface area (TPSA) is 112 Å². The summed E-state index contributed by atoms with van der Waals surface area (Å²) in [6.07, 6.45) is 6.46. The fourth-order valence-electron chi connectivity index (χ4n) is 2.45. The molecule has 0 aliphatic rings. The molecular formula is C18H15N7OS. The van der Waals surface area contributed by atoms with E-state index in [4.69, 9.17) is 5.73 Å². The van der Waals surface area contributed by atoms with Crippen LogP contribution >= 0.6 is 11.3 Å². The highest BCUT2D eigenvalue weighted by atomic mass is 32.1. The SMILES string of the molecule is Cn1cc(-c2cnc(C(=O)Nc3nc(-c4cccs4)ccc3N)cn2)cn1. The highest BCUT2D eigenvalue weighted by molar-refractivity contribution is 7.13. The summed E-state index contributed by atoms with van der Waals surface area (Å²) in [6.45, 7) is 0. The number of amides is 1. The molecule has 9 heteroatoms. The Hall–Kier alpha value is -3.59. The molecule has 0 atom stereocenters. The van der Waals surface area contributed by atoms with Crippen LogP contribution in [0.1, 0.15) is 10.5 Å². The zero-order valence-electron chi connectivity index (χ0n) is 14.3. The summed E-state index contributed by atoms with van der Waals surface area (Å²) in [6, 6.07) is 7.43. The van der Waals surface area contributed by atoms with Crippen molar-refractivity contribution in [2.45, 2.75) is 0 Å². The van der Waals surface area contributed by atoms with Crippen LogP contribution in [-0.2, 0) is 7.05 Å². The van der Waals surface area contributed by atoms with E-state index < -0.39 is 5.91 Å². The van der Waals surface area contributed by atoms with Gasteiger partial charge in [0.25, 0.3) is 5.91 Å². The molecule has 4 aromatic rings. The van der Waals surface area contributed by atoms with Gasteiger partial charge in [0.15, 0.2) is 5.82 Å². The fourth-order valence-corrected chi connectivity index (χ4v) is 3.15. The van der Waals surface area contributed by atoms with Gasteiger partial charge in [-0.1, -0.05) is 6.07 Å². The molecule has 3 N–H and O–H groups in total. The number of nitrogens with two attached hydrogens (primary N) is 1. The molecule has 4 aromatic heterocycles. The highest BCUT2D eigenvalue weighted by Gasteiger charge is 2.13. The average molecular weight is 377 g/mol. The third kappa shape index (κ3) is 3.53. The lowest BCUT2D eigenvalue weighted by molar-refractivity contribution is 0.102. The Balaban J connectivity index is 1.54. The Morgan fingerprint density at radius 1 is 1.15 bits per heavy atom. The summed E-state index contributed by atoms with van der Waals surface area (Å²) in [5.74, 6) is -0.133. The van der Waals surface area contributed by atoms with Crippen LogP contribution in [0.2, 0.25) is 0 Å². The first kappa shape index (κ1) is 16.9. The number of carbonyl (C=O) groups is 1. The molecule has 1 amide bonds. The number of pyridine rings is 1. The minimum Gasteiger partial charge on any atom is -0.396 e. The van der Waals surface area contributed by atoms with Crippen molar-refractivity contribution in [2.75, 3.05) is 11.1 Å². The smallest absolute Gasteiger partial charge is 0.277 e. The summed E-state index contributed by atoms with van der Waals surface area (Å²) in [5.41, 5.74) is 8.71. The molecule has 0 fully saturated rings. The zero-order valence-corrected chi connectivity index (χ0v) is 15.1. The molecular weight excluding hydrogens is 362 g/mol. The summed E-state index contributed by atoms with van der Waals surface area (Å²) in [7, 11) is 1.82. The van der Waals surface area contributed by atoms with Crippen molar-refractivity contribution in [1.82, 2.24) is 24.7 Å². The van der Waals surface area contributed by atoms with Gasteiger partial charge < -0.3 is 11.1 Å². The number of nitrogens with zero attached hydrogens (tertiary/aromatic N) is 5. The van der Waals surface area contributed by atoms with E-state index in [0.29, 0.717) is 17.2 Å². The van der Waals surface area contributed by atoms with Crippen LogP contribution in [0.15, 0.2) is 54.4 Å². The van der Waals surface area contributed by atoms with Crippen LogP contribution in [-0.4, -0.2) is 30.6 Å². The summed E-state index contributed by atoms with van der Waals surface area (Å²) in [4.78, 5) is 26.4. The largest absolute Gasteiger partial charge is 0.396 e. The standard InChI is InChI=1S/C18H15N7OS/c1-25-10-11(7-22-25)14-8-21-15(9-20-14)18(26)24-17-12(19)4-5-13(23-17)16-3-2-6-27-16/h2-10H,19H2,1H3,(H,23,24,26). The first-order valence-electron chi connectivity index (χ1n) is 8.03.